The van der Waals surface area contributed by atoms with Gasteiger partial charge in [-0.2, -0.15) is 0 Å². The fourth-order valence-electron chi connectivity index (χ4n) is 2.83. The Hall–Kier alpha value is -2.46. The molecule has 0 aliphatic rings. The van der Waals surface area contributed by atoms with E-state index >= 15 is 0 Å². The summed E-state index contributed by atoms with van der Waals surface area (Å²) in [6.45, 7) is 8.98. The molecule has 4 N–H and O–H groups in total. The maximum atomic E-state index is 8.56. The van der Waals surface area contributed by atoms with Gasteiger partial charge in [0, 0.05) is 49.7 Å². The summed E-state index contributed by atoms with van der Waals surface area (Å²) < 4.78 is 0. The third-order valence-corrected chi connectivity index (χ3v) is 4.72. The maximum absolute atomic E-state index is 8.56. The van der Waals surface area contributed by atoms with Gasteiger partial charge in [-0.1, -0.05) is 50.8 Å². The monoisotopic (exact) mass is 338 g/mol. The number of rotatable bonds is 9. The van der Waals surface area contributed by atoms with Crippen LogP contribution in [0.5, 0.6) is 0 Å². The number of pyridine rings is 1. The van der Waals surface area contributed by atoms with Crippen LogP contribution in [0.4, 0.5) is 0 Å². The smallest absolute Gasteiger partial charge is 0.0451 e. The molecule has 0 saturated carbocycles. The first kappa shape index (κ1) is 18.9. The van der Waals surface area contributed by atoms with Gasteiger partial charge in [0.2, 0.25) is 0 Å². The summed E-state index contributed by atoms with van der Waals surface area (Å²) in [5.41, 5.74) is 9.89. The van der Waals surface area contributed by atoms with Crippen molar-refractivity contribution in [2.45, 2.75) is 32.2 Å². The van der Waals surface area contributed by atoms with Gasteiger partial charge in [-0.05, 0) is 29.7 Å². The minimum Gasteiger partial charge on any atom is -0.388 e. The SMILES string of the molecule is C=C(NCC(C(=N)c1ccncc1)C(N)CC)C(C)c1ccccc1.[HH]. The van der Waals surface area contributed by atoms with Gasteiger partial charge in [-0.3, -0.25) is 4.98 Å². The van der Waals surface area contributed by atoms with Crippen LogP contribution in [0.2, 0.25) is 0 Å². The molecule has 0 radical (unpaired) electrons. The molecule has 25 heavy (non-hydrogen) atoms. The van der Waals surface area contributed by atoms with Crippen molar-refractivity contribution in [3.63, 3.8) is 0 Å². The topological polar surface area (TPSA) is 74.8 Å². The molecule has 0 aliphatic heterocycles. The minimum atomic E-state index is -0.0767. The molecule has 1 heterocycles. The molecule has 0 bridgehead atoms. The van der Waals surface area contributed by atoms with Gasteiger partial charge >= 0.3 is 0 Å². The molecule has 1 aromatic carbocycles. The highest BCUT2D eigenvalue weighted by Crippen LogP contribution is 2.21. The zero-order valence-electron chi connectivity index (χ0n) is 15.1. The highest BCUT2D eigenvalue weighted by molar-refractivity contribution is 6.00. The van der Waals surface area contributed by atoms with E-state index in [1.54, 1.807) is 12.4 Å². The Morgan fingerprint density at radius 2 is 1.88 bits per heavy atom. The van der Waals surface area contributed by atoms with Gasteiger partial charge in [0.1, 0.15) is 0 Å². The Bertz CT molecular complexity index is 688. The first-order valence-corrected chi connectivity index (χ1v) is 8.76. The van der Waals surface area contributed by atoms with Crippen LogP contribution in [0, 0.1) is 11.3 Å². The van der Waals surface area contributed by atoms with Crippen LogP contribution in [0.25, 0.3) is 0 Å². The number of nitrogens with zero attached hydrogens (tertiary/aromatic N) is 1. The van der Waals surface area contributed by atoms with Crippen LogP contribution < -0.4 is 11.1 Å². The molecule has 0 spiro atoms. The van der Waals surface area contributed by atoms with Crippen molar-refractivity contribution in [2.24, 2.45) is 11.7 Å². The second kappa shape index (κ2) is 9.14. The largest absolute Gasteiger partial charge is 0.388 e. The van der Waals surface area contributed by atoms with Gasteiger partial charge in [0.25, 0.3) is 0 Å². The number of nitrogens with two attached hydrogens (primary N) is 1. The average Bonchev–Trinajstić information content (AvgIpc) is 2.68. The number of hydrogen-bond donors (Lipinski definition) is 3. The van der Waals surface area contributed by atoms with Crippen molar-refractivity contribution in [1.82, 2.24) is 10.3 Å². The summed E-state index contributed by atoms with van der Waals surface area (Å²) >= 11 is 0. The fourth-order valence-corrected chi connectivity index (χ4v) is 2.83. The minimum absolute atomic E-state index is 0. The lowest BCUT2D eigenvalue weighted by Crippen LogP contribution is -2.42. The molecule has 0 aliphatic carbocycles. The molecule has 3 atom stereocenters. The molecule has 4 nitrogen and oxygen atoms in total. The molecule has 1 aromatic heterocycles. The zero-order valence-corrected chi connectivity index (χ0v) is 15.1. The predicted octanol–water partition coefficient (Wildman–Crippen LogP) is 3.96. The number of benzene rings is 1. The number of hydrogen-bond acceptors (Lipinski definition) is 4. The van der Waals surface area contributed by atoms with Gasteiger partial charge in [0.05, 0.1) is 0 Å². The Labute approximate surface area is 152 Å². The average molecular weight is 338 g/mol. The summed E-state index contributed by atoms with van der Waals surface area (Å²) in [6.07, 6.45) is 4.24. The third-order valence-electron chi connectivity index (χ3n) is 4.72. The van der Waals surface area contributed by atoms with Crippen molar-refractivity contribution >= 4 is 5.71 Å². The second-order valence-electron chi connectivity index (χ2n) is 6.37. The maximum Gasteiger partial charge on any atom is 0.0451 e. The van der Waals surface area contributed by atoms with Crippen molar-refractivity contribution in [1.29, 1.82) is 5.41 Å². The van der Waals surface area contributed by atoms with Crippen LogP contribution in [0.1, 0.15) is 38.7 Å². The Morgan fingerprint density at radius 1 is 1.24 bits per heavy atom. The van der Waals surface area contributed by atoms with E-state index in [0.717, 1.165) is 17.7 Å². The third kappa shape index (κ3) is 5.00. The zero-order chi connectivity index (χ0) is 18.2. The molecule has 2 rings (SSSR count). The van der Waals surface area contributed by atoms with Crippen molar-refractivity contribution < 1.29 is 1.43 Å². The molecule has 134 valence electrons. The van der Waals surface area contributed by atoms with Gasteiger partial charge in [-0.15, -0.1) is 0 Å². The van der Waals surface area contributed by atoms with E-state index in [1.807, 2.05) is 30.3 Å². The normalized spacial score (nSPS) is 14.4. The molecule has 0 amide bonds. The number of allylic oxidation sites excluding steroid dienone is 1. The van der Waals surface area contributed by atoms with E-state index in [1.165, 1.54) is 5.56 Å². The molecular formula is C21H30N4. The summed E-state index contributed by atoms with van der Waals surface area (Å²) in [7, 11) is 0. The van der Waals surface area contributed by atoms with E-state index in [0.29, 0.717) is 12.3 Å². The summed E-state index contributed by atoms with van der Waals surface area (Å²) in [6, 6.07) is 13.9. The lowest BCUT2D eigenvalue weighted by molar-refractivity contribution is 0.488. The van der Waals surface area contributed by atoms with E-state index in [9.17, 15) is 0 Å². The van der Waals surface area contributed by atoms with E-state index in [4.69, 9.17) is 11.1 Å². The van der Waals surface area contributed by atoms with Crippen molar-refractivity contribution in [2.75, 3.05) is 6.54 Å². The summed E-state index contributed by atoms with van der Waals surface area (Å²) in [5, 5.41) is 12.0. The van der Waals surface area contributed by atoms with E-state index in [2.05, 4.69) is 42.9 Å². The Kier molecular flexibility index (Phi) is 6.90. The number of aromatic nitrogens is 1. The Balaban J connectivity index is 0.00000338. The van der Waals surface area contributed by atoms with Gasteiger partial charge in [0.15, 0.2) is 0 Å². The van der Waals surface area contributed by atoms with Crippen molar-refractivity contribution in [3.8, 4) is 0 Å². The lowest BCUT2D eigenvalue weighted by Gasteiger charge is -2.27. The highest BCUT2D eigenvalue weighted by atomic mass is 14.9. The molecule has 4 heteroatoms. The van der Waals surface area contributed by atoms with E-state index in [-0.39, 0.29) is 19.3 Å². The van der Waals surface area contributed by atoms with Gasteiger partial charge in [-0.25, -0.2) is 0 Å². The summed E-state index contributed by atoms with van der Waals surface area (Å²) in [4.78, 5) is 4.03. The fraction of sp³-hybridized carbons (Fsp3) is 0.333. The van der Waals surface area contributed by atoms with Crippen LogP contribution >= 0.6 is 0 Å². The van der Waals surface area contributed by atoms with Crippen LogP contribution in [-0.4, -0.2) is 23.3 Å². The van der Waals surface area contributed by atoms with Crippen molar-refractivity contribution in [3.05, 3.63) is 78.3 Å². The molecule has 0 fully saturated rings. The van der Waals surface area contributed by atoms with Gasteiger partial charge < -0.3 is 16.5 Å². The molecule has 3 unspecified atom stereocenters. The first-order valence-electron chi connectivity index (χ1n) is 8.76. The van der Waals surface area contributed by atoms with Crippen LogP contribution in [0.15, 0.2) is 67.1 Å². The first-order chi connectivity index (χ1) is 12.0. The second-order valence-corrected chi connectivity index (χ2v) is 6.37. The van der Waals surface area contributed by atoms with Crippen LogP contribution in [0.3, 0.4) is 0 Å². The standard InChI is InChI=1S/C21H28N4.H2/c1-4-20(22)19(21(23)18-10-12-24-13-11-18)14-25-16(3)15(2)17-8-6-5-7-9-17;/h5-13,15,19-20,23,25H,3-4,14,22H2,1-2H3;1H. The summed E-state index contributed by atoms with van der Waals surface area (Å²) in [5.74, 6) is 0.127. The highest BCUT2D eigenvalue weighted by Gasteiger charge is 2.23. The quantitative estimate of drug-likeness (QED) is 0.606. The lowest BCUT2D eigenvalue weighted by atomic mass is 9.89. The van der Waals surface area contributed by atoms with E-state index < -0.39 is 0 Å². The molecular weight excluding hydrogens is 308 g/mol. The predicted molar refractivity (Wildman–Crippen MR) is 107 cm³/mol. The number of nitrogens with one attached hydrogen (secondary N) is 2. The Morgan fingerprint density at radius 3 is 2.48 bits per heavy atom. The molecule has 2 aromatic rings. The molecule has 0 saturated heterocycles. The van der Waals surface area contributed by atoms with Crippen LogP contribution in [-0.2, 0) is 0 Å².